The van der Waals surface area contributed by atoms with Gasteiger partial charge >= 0.3 is 0 Å². The molecule has 5 nitrogen and oxygen atoms in total. The van der Waals surface area contributed by atoms with E-state index in [1.807, 2.05) is 55.1 Å². The minimum Gasteiger partial charge on any atom is -0.419 e. The molecule has 4 rings (SSSR count). The average Bonchev–Trinajstić information content (AvgIpc) is 3.04. The van der Waals surface area contributed by atoms with Crippen molar-refractivity contribution in [2.75, 3.05) is 18.0 Å². The van der Waals surface area contributed by atoms with Crippen molar-refractivity contribution in [2.45, 2.75) is 55.9 Å². The van der Waals surface area contributed by atoms with Crippen LogP contribution in [0.25, 0.3) is 11.5 Å². The van der Waals surface area contributed by atoms with Crippen LogP contribution in [-0.2, 0) is 16.3 Å². The first-order valence-corrected chi connectivity index (χ1v) is 12.1. The fraction of sp³-hybridized carbons (Fsp3) is 0.375. The van der Waals surface area contributed by atoms with E-state index in [9.17, 15) is 8.42 Å². The Morgan fingerprint density at radius 3 is 2.33 bits per heavy atom. The SMILES string of the molecule is CCc1ccc(S(=O)(=O)c2nc(-c3cccc(C)c3)oc2N2CCCCCC2)cc1. The lowest BCUT2D eigenvalue weighted by Crippen LogP contribution is -2.25. The van der Waals surface area contributed by atoms with Gasteiger partial charge < -0.3 is 9.32 Å². The molecule has 3 aromatic rings. The molecule has 1 aliphatic rings. The zero-order valence-corrected chi connectivity index (χ0v) is 18.4. The number of hydrogen-bond acceptors (Lipinski definition) is 5. The maximum Gasteiger partial charge on any atom is 0.236 e. The third-order valence-electron chi connectivity index (χ3n) is 5.63. The summed E-state index contributed by atoms with van der Waals surface area (Å²) < 4.78 is 33.2. The van der Waals surface area contributed by atoms with Gasteiger partial charge in [-0.05, 0) is 56.0 Å². The molecule has 0 radical (unpaired) electrons. The highest BCUT2D eigenvalue weighted by Gasteiger charge is 2.31. The molecule has 0 spiro atoms. The lowest BCUT2D eigenvalue weighted by Gasteiger charge is -2.20. The molecule has 1 aromatic heterocycles. The molecule has 0 aliphatic carbocycles. The quantitative estimate of drug-likeness (QED) is 0.547. The third kappa shape index (κ3) is 4.15. The van der Waals surface area contributed by atoms with E-state index in [0.717, 1.165) is 61.9 Å². The number of aromatic nitrogens is 1. The third-order valence-corrected chi connectivity index (χ3v) is 7.30. The van der Waals surface area contributed by atoms with Crippen molar-refractivity contribution in [1.82, 2.24) is 4.98 Å². The van der Waals surface area contributed by atoms with E-state index in [1.54, 1.807) is 12.1 Å². The molecule has 1 saturated heterocycles. The molecule has 30 heavy (non-hydrogen) atoms. The van der Waals surface area contributed by atoms with Gasteiger partial charge in [0.25, 0.3) is 0 Å². The Labute approximate surface area is 178 Å². The van der Waals surface area contributed by atoms with Crippen LogP contribution in [0.1, 0.15) is 43.7 Å². The Balaban J connectivity index is 1.83. The Morgan fingerprint density at radius 1 is 1.00 bits per heavy atom. The standard InChI is InChI=1S/C24H28N2O3S/c1-3-19-11-13-21(14-12-19)30(27,28)23-24(26-15-6-4-5-7-16-26)29-22(25-23)20-10-8-9-18(2)17-20/h8-14,17H,3-7,15-16H2,1-2H3. The van der Waals surface area contributed by atoms with Crippen LogP contribution in [0.2, 0.25) is 0 Å². The summed E-state index contributed by atoms with van der Waals surface area (Å²) in [6.45, 7) is 5.60. The van der Waals surface area contributed by atoms with Gasteiger partial charge in [0.1, 0.15) is 0 Å². The average molecular weight is 425 g/mol. The summed E-state index contributed by atoms with van der Waals surface area (Å²) in [6.07, 6.45) is 5.20. The highest BCUT2D eigenvalue weighted by molar-refractivity contribution is 7.91. The van der Waals surface area contributed by atoms with E-state index in [2.05, 4.69) is 4.98 Å². The summed E-state index contributed by atoms with van der Waals surface area (Å²) >= 11 is 0. The van der Waals surface area contributed by atoms with E-state index in [4.69, 9.17) is 4.42 Å². The van der Waals surface area contributed by atoms with Gasteiger partial charge in [-0.1, -0.05) is 49.6 Å². The van der Waals surface area contributed by atoms with E-state index in [-0.39, 0.29) is 9.92 Å². The fourth-order valence-corrected chi connectivity index (χ4v) is 5.19. The molecule has 2 aromatic carbocycles. The number of anilines is 1. The minimum absolute atomic E-state index is 0.0187. The van der Waals surface area contributed by atoms with Gasteiger partial charge in [0.2, 0.25) is 26.6 Å². The number of nitrogens with zero attached hydrogens (tertiary/aromatic N) is 2. The first kappa shape index (κ1) is 20.7. The second kappa shape index (κ2) is 8.64. The second-order valence-corrected chi connectivity index (χ2v) is 9.77. The van der Waals surface area contributed by atoms with Gasteiger partial charge in [-0.25, -0.2) is 8.42 Å². The second-order valence-electron chi connectivity index (χ2n) is 7.90. The van der Waals surface area contributed by atoms with Gasteiger partial charge in [0.05, 0.1) is 4.90 Å². The van der Waals surface area contributed by atoms with Crippen molar-refractivity contribution in [3.8, 4) is 11.5 Å². The Kier molecular flexibility index (Phi) is 5.95. The van der Waals surface area contributed by atoms with Crippen molar-refractivity contribution in [3.05, 3.63) is 59.7 Å². The molecule has 0 unspecified atom stereocenters. The minimum atomic E-state index is -3.80. The van der Waals surface area contributed by atoms with Gasteiger partial charge in [0.15, 0.2) is 0 Å². The monoisotopic (exact) mass is 424 g/mol. The molecule has 2 heterocycles. The van der Waals surface area contributed by atoms with Crippen LogP contribution in [0.3, 0.4) is 0 Å². The van der Waals surface area contributed by atoms with Crippen molar-refractivity contribution < 1.29 is 12.8 Å². The molecular weight excluding hydrogens is 396 g/mol. The zero-order valence-electron chi connectivity index (χ0n) is 17.6. The number of hydrogen-bond donors (Lipinski definition) is 0. The molecule has 158 valence electrons. The molecular formula is C24H28N2O3S. The number of benzene rings is 2. The van der Waals surface area contributed by atoms with Crippen LogP contribution < -0.4 is 4.90 Å². The van der Waals surface area contributed by atoms with Crippen molar-refractivity contribution in [3.63, 3.8) is 0 Å². The molecule has 6 heteroatoms. The fourth-order valence-electron chi connectivity index (χ4n) is 3.86. The first-order valence-electron chi connectivity index (χ1n) is 10.7. The van der Waals surface area contributed by atoms with E-state index in [0.29, 0.717) is 11.8 Å². The maximum atomic E-state index is 13.5. The van der Waals surface area contributed by atoms with Crippen LogP contribution in [0.5, 0.6) is 0 Å². The van der Waals surface area contributed by atoms with Crippen LogP contribution in [0.4, 0.5) is 5.88 Å². The summed E-state index contributed by atoms with van der Waals surface area (Å²) in [5.74, 6) is 0.717. The van der Waals surface area contributed by atoms with Crippen LogP contribution >= 0.6 is 0 Å². The predicted molar refractivity (Wildman–Crippen MR) is 119 cm³/mol. The van der Waals surface area contributed by atoms with Crippen LogP contribution in [-0.4, -0.2) is 26.5 Å². The molecule has 0 bridgehead atoms. The van der Waals surface area contributed by atoms with Crippen molar-refractivity contribution in [2.24, 2.45) is 0 Å². The molecule has 0 N–H and O–H groups in total. The number of sulfone groups is 1. The van der Waals surface area contributed by atoms with Crippen molar-refractivity contribution in [1.29, 1.82) is 0 Å². The number of rotatable bonds is 5. The van der Waals surface area contributed by atoms with Gasteiger partial charge in [0, 0.05) is 18.7 Å². The topological polar surface area (TPSA) is 63.4 Å². The zero-order chi connectivity index (χ0) is 21.1. The number of aryl methyl sites for hydroxylation is 2. The highest BCUT2D eigenvalue weighted by atomic mass is 32.2. The lowest BCUT2D eigenvalue weighted by molar-refractivity contribution is 0.543. The van der Waals surface area contributed by atoms with Crippen LogP contribution in [0, 0.1) is 6.92 Å². The van der Waals surface area contributed by atoms with Gasteiger partial charge in [-0.3, -0.25) is 0 Å². The molecule has 0 amide bonds. The predicted octanol–water partition coefficient (Wildman–Crippen LogP) is 5.43. The summed E-state index contributed by atoms with van der Waals surface area (Å²) in [5, 5.41) is 0.0187. The van der Waals surface area contributed by atoms with E-state index >= 15 is 0 Å². The Hall–Kier alpha value is -2.60. The number of oxazole rings is 1. The first-order chi connectivity index (χ1) is 14.5. The Morgan fingerprint density at radius 2 is 1.70 bits per heavy atom. The van der Waals surface area contributed by atoms with E-state index < -0.39 is 9.84 Å². The van der Waals surface area contributed by atoms with Crippen molar-refractivity contribution >= 4 is 15.7 Å². The molecule has 1 fully saturated rings. The summed E-state index contributed by atoms with van der Waals surface area (Å²) in [7, 11) is -3.80. The maximum absolute atomic E-state index is 13.5. The molecule has 1 aliphatic heterocycles. The smallest absolute Gasteiger partial charge is 0.236 e. The summed E-state index contributed by atoms with van der Waals surface area (Å²) in [6, 6.07) is 14.8. The van der Waals surface area contributed by atoms with E-state index in [1.165, 1.54) is 0 Å². The molecule has 0 saturated carbocycles. The Bertz CT molecular complexity index is 1110. The summed E-state index contributed by atoms with van der Waals surface area (Å²) in [5.41, 5.74) is 2.96. The highest BCUT2D eigenvalue weighted by Crippen LogP contribution is 2.36. The molecule has 0 atom stereocenters. The van der Waals surface area contributed by atoms with Gasteiger partial charge in [-0.15, -0.1) is 0 Å². The summed E-state index contributed by atoms with van der Waals surface area (Å²) in [4.78, 5) is 6.82. The lowest BCUT2D eigenvalue weighted by atomic mass is 10.1. The van der Waals surface area contributed by atoms with Crippen LogP contribution in [0.15, 0.2) is 62.9 Å². The largest absolute Gasteiger partial charge is 0.419 e. The normalized spacial score (nSPS) is 15.2. The van der Waals surface area contributed by atoms with Gasteiger partial charge in [-0.2, -0.15) is 4.98 Å².